The number of hydrogen-bond donors (Lipinski definition) is 2. The molecular formula is C24H42N2O2. The highest BCUT2D eigenvalue weighted by Gasteiger charge is 2.54. The van der Waals surface area contributed by atoms with Crippen molar-refractivity contribution in [2.75, 3.05) is 0 Å². The summed E-state index contributed by atoms with van der Waals surface area (Å²) in [7, 11) is 0. The predicted molar refractivity (Wildman–Crippen MR) is 116 cm³/mol. The smallest absolute Gasteiger partial charge is 0.205 e. The van der Waals surface area contributed by atoms with Gasteiger partial charge in [-0.1, -0.05) is 0 Å². The van der Waals surface area contributed by atoms with Gasteiger partial charge in [-0.2, -0.15) is 0 Å². The molecule has 2 fully saturated rings. The molecule has 0 amide bonds. The molecule has 0 spiro atoms. The molecule has 2 aliphatic rings. The Kier molecular flexibility index (Phi) is 6.58. The van der Waals surface area contributed by atoms with Gasteiger partial charge in [0.1, 0.15) is 0 Å². The Bertz CT molecular complexity index is 507. The van der Waals surface area contributed by atoms with Crippen molar-refractivity contribution in [3.05, 3.63) is 0 Å². The fraction of sp³-hybridized carbons (Fsp3) is 0.917. The molecular weight excluding hydrogens is 348 g/mol. The van der Waals surface area contributed by atoms with E-state index in [1.54, 1.807) is 0 Å². The SMILES string of the molecule is CC1(C)CC(C([C]=O)(CCC[C]=O)C2CC(C)(C)NC(C)(C)C2)CC(C)(C)N1. The molecule has 0 aromatic heterocycles. The lowest BCUT2D eigenvalue weighted by Gasteiger charge is -2.57. The van der Waals surface area contributed by atoms with Crippen LogP contribution in [0.15, 0.2) is 0 Å². The minimum Gasteiger partial charge on any atom is -0.307 e. The molecule has 2 N–H and O–H groups in total. The van der Waals surface area contributed by atoms with Crippen molar-refractivity contribution in [3.8, 4) is 0 Å². The van der Waals surface area contributed by atoms with Crippen LogP contribution in [0, 0.1) is 17.3 Å². The van der Waals surface area contributed by atoms with Crippen molar-refractivity contribution in [1.29, 1.82) is 0 Å². The van der Waals surface area contributed by atoms with Gasteiger partial charge in [0.2, 0.25) is 6.29 Å². The van der Waals surface area contributed by atoms with Crippen molar-refractivity contribution in [3.63, 3.8) is 0 Å². The zero-order valence-corrected chi connectivity index (χ0v) is 19.4. The van der Waals surface area contributed by atoms with Gasteiger partial charge in [-0.15, -0.1) is 0 Å². The zero-order valence-electron chi connectivity index (χ0n) is 19.4. The quantitative estimate of drug-likeness (QED) is 0.630. The Morgan fingerprint density at radius 3 is 1.39 bits per heavy atom. The zero-order chi connectivity index (χ0) is 21.4. The Morgan fingerprint density at radius 1 is 0.750 bits per heavy atom. The summed E-state index contributed by atoms with van der Waals surface area (Å²) in [6, 6.07) is 0. The Hall–Kier alpha value is -0.740. The van der Waals surface area contributed by atoms with E-state index in [9.17, 15) is 9.59 Å². The first-order valence-corrected chi connectivity index (χ1v) is 11.0. The highest BCUT2D eigenvalue weighted by atomic mass is 16.1. The molecule has 0 saturated carbocycles. The van der Waals surface area contributed by atoms with E-state index < -0.39 is 5.41 Å². The number of unbranched alkanes of at least 4 members (excludes halogenated alkanes) is 1. The molecule has 2 rings (SSSR count). The highest BCUT2D eigenvalue weighted by molar-refractivity contribution is 5.62. The van der Waals surface area contributed by atoms with E-state index in [4.69, 9.17) is 0 Å². The van der Waals surface area contributed by atoms with Crippen LogP contribution < -0.4 is 10.6 Å². The van der Waals surface area contributed by atoms with Crippen LogP contribution in [0.2, 0.25) is 0 Å². The average Bonchev–Trinajstić information content (AvgIpc) is 2.45. The molecule has 0 aliphatic carbocycles. The van der Waals surface area contributed by atoms with E-state index in [0.717, 1.165) is 32.1 Å². The second-order valence-electron chi connectivity index (χ2n) is 12.1. The molecule has 2 aliphatic heterocycles. The second kappa shape index (κ2) is 7.83. The molecule has 2 heterocycles. The largest absolute Gasteiger partial charge is 0.307 e. The first-order chi connectivity index (χ1) is 12.7. The van der Waals surface area contributed by atoms with E-state index in [1.807, 2.05) is 6.29 Å². The first kappa shape index (κ1) is 23.5. The highest BCUT2D eigenvalue weighted by Crippen LogP contribution is 2.53. The van der Waals surface area contributed by atoms with Crippen molar-refractivity contribution in [2.45, 2.75) is 122 Å². The lowest BCUT2D eigenvalue weighted by molar-refractivity contribution is -0.0126. The van der Waals surface area contributed by atoms with Crippen LogP contribution in [0.4, 0.5) is 0 Å². The fourth-order valence-corrected chi connectivity index (χ4v) is 6.79. The van der Waals surface area contributed by atoms with Crippen molar-refractivity contribution < 1.29 is 9.59 Å². The maximum atomic E-state index is 12.8. The van der Waals surface area contributed by atoms with E-state index in [-0.39, 0.29) is 34.0 Å². The van der Waals surface area contributed by atoms with Gasteiger partial charge in [0, 0.05) is 34.0 Å². The molecule has 0 atom stereocenters. The molecule has 0 aromatic carbocycles. The predicted octanol–water partition coefficient (Wildman–Crippen LogP) is 4.48. The third-order valence-corrected chi connectivity index (χ3v) is 6.90. The molecule has 0 unspecified atom stereocenters. The first-order valence-electron chi connectivity index (χ1n) is 11.0. The third-order valence-electron chi connectivity index (χ3n) is 6.90. The van der Waals surface area contributed by atoms with E-state index in [2.05, 4.69) is 72.3 Å². The summed E-state index contributed by atoms with van der Waals surface area (Å²) in [4.78, 5) is 23.7. The number of hydrogen-bond acceptors (Lipinski definition) is 4. The molecule has 160 valence electrons. The maximum Gasteiger partial charge on any atom is 0.205 e. The molecule has 0 bridgehead atoms. The van der Waals surface area contributed by atoms with E-state index in [1.165, 1.54) is 0 Å². The van der Waals surface area contributed by atoms with Crippen LogP contribution >= 0.6 is 0 Å². The van der Waals surface area contributed by atoms with E-state index >= 15 is 0 Å². The molecule has 4 nitrogen and oxygen atoms in total. The molecule has 2 saturated heterocycles. The summed E-state index contributed by atoms with van der Waals surface area (Å²) < 4.78 is 0. The minimum absolute atomic E-state index is 0.0246. The van der Waals surface area contributed by atoms with E-state index in [0.29, 0.717) is 12.8 Å². The topological polar surface area (TPSA) is 58.2 Å². The van der Waals surface area contributed by atoms with Crippen LogP contribution in [0.1, 0.15) is 100 Å². The lowest BCUT2D eigenvalue weighted by Crippen LogP contribution is -2.64. The summed E-state index contributed by atoms with van der Waals surface area (Å²) >= 11 is 0. The number of rotatable bonds is 7. The average molecular weight is 391 g/mol. The normalized spacial score (nSPS) is 27.3. The second-order valence-corrected chi connectivity index (χ2v) is 12.1. The van der Waals surface area contributed by atoms with Gasteiger partial charge in [0.05, 0.1) is 0 Å². The van der Waals surface area contributed by atoms with Gasteiger partial charge in [0.25, 0.3) is 0 Å². The lowest BCUT2D eigenvalue weighted by atomic mass is 9.53. The van der Waals surface area contributed by atoms with Gasteiger partial charge in [-0.3, -0.25) is 9.59 Å². The van der Waals surface area contributed by atoms with Crippen LogP contribution in [0.3, 0.4) is 0 Å². The van der Waals surface area contributed by atoms with Crippen molar-refractivity contribution >= 4 is 12.6 Å². The van der Waals surface area contributed by atoms with Gasteiger partial charge in [-0.05, 0) is 106 Å². The van der Waals surface area contributed by atoms with Crippen LogP contribution in [0.5, 0.6) is 0 Å². The van der Waals surface area contributed by atoms with Gasteiger partial charge >= 0.3 is 0 Å². The summed E-state index contributed by atoms with van der Waals surface area (Å²) in [5.74, 6) is 0.523. The van der Waals surface area contributed by atoms with Crippen molar-refractivity contribution in [1.82, 2.24) is 10.6 Å². The van der Waals surface area contributed by atoms with Crippen LogP contribution in [-0.4, -0.2) is 34.7 Å². The van der Waals surface area contributed by atoms with Gasteiger partial charge < -0.3 is 10.6 Å². The minimum atomic E-state index is -0.510. The maximum absolute atomic E-state index is 12.8. The number of nitrogens with one attached hydrogen (secondary N) is 2. The Labute approximate surface area is 173 Å². The summed E-state index contributed by atoms with van der Waals surface area (Å²) in [5, 5.41) is 7.51. The van der Waals surface area contributed by atoms with Crippen LogP contribution in [0.25, 0.3) is 0 Å². The number of piperidine rings is 2. The molecule has 28 heavy (non-hydrogen) atoms. The Balaban J connectivity index is 2.47. The molecule has 2 radical (unpaired) electrons. The monoisotopic (exact) mass is 390 g/mol. The Morgan fingerprint density at radius 2 is 1.11 bits per heavy atom. The van der Waals surface area contributed by atoms with Crippen LogP contribution in [-0.2, 0) is 9.59 Å². The summed E-state index contributed by atoms with van der Waals surface area (Å²) in [6.45, 7) is 17.9. The standard InChI is InChI=1S/C24H42N2O2/c1-20(2)13-18(14-21(3,4)25-20)24(17-28,11-9-10-12-27)19-15-22(5,6)26-23(7,8)16-19/h18-19,25-26H,9-11,13-16H2,1-8H3. The van der Waals surface area contributed by atoms with Crippen molar-refractivity contribution in [2.24, 2.45) is 17.3 Å². The summed E-state index contributed by atoms with van der Waals surface area (Å²) in [6.07, 6.45) is 10.4. The molecule has 0 aromatic rings. The van der Waals surface area contributed by atoms with Gasteiger partial charge in [-0.25, -0.2) is 0 Å². The molecule has 4 heteroatoms. The summed E-state index contributed by atoms with van der Waals surface area (Å²) in [5.41, 5.74) is -0.608. The van der Waals surface area contributed by atoms with Gasteiger partial charge in [0.15, 0.2) is 6.29 Å². The fourth-order valence-electron chi connectivity index (χ4n) is 6.79. The number of carbonyl (C=O) groups excluding carboxylic acids is 2. The third kappa shape index (κ3) is 5.44.